The van der Waals surface area contributed by atoms with Crippen LogP contribution in [0.5, 0.6) is 0 Å². The maximum atomic E-state index is 5.49. The molecule has 3 aromatic heterocycles. The van der Waals surface area contributed by atoms with Crippen molar-refractivity contribution in [3.05, 3.63) is 54.2 Å². The predicted octanol–water partition coefficient (Wildman–Crippen LogP) is 2.34. The van der Waals surface area contributed by atoms with Crippen LogP contribution in [-0.4, -0.2) is 34.2 Å². The molecule has 0 aromatic carbocycles. The molecule has 2 N–H and O–H groups in total. The van der Waals surface area contributed by atoms with Gasteiger partial charge in [-0.3, -0.25) is 0 Å². The van der Waals surface area contributed by atoms with Crippen molar-refractivity contribution < 1.29 is 4.42 Å². The quantitative estimate of drug-likeness (QED) is 0.754. The van der Waals surface area contributed by atoms with Crippen LogP contribution < -0.4 is 10.6 Å². The van der Waals surface area contributed by atoms with Crippen LogP contribution in [0, 0.1) is 0 Å². The van der Waals surface area contributed by atoms with Crippen LogP contribution in [0.2, 0.25) is 0 Å². The summed E-state index contributed by atoms with van der Waals surface area (Å²) >= 11 is 0. The number of fused-ring (bicyclic) bond motifs is 1. The molecule has 0 saturated carbocycles. The van der Waals surface area contributed by atoms with E-state index in [0.717, 1.165) is 50.5 Å². The van der Waals surface area contributed by atoms with E-state index in [-0.39, 0.29) is 0 Å². The first-order valence-electron chi connectivity index (χ1n) is 8.39. The minimum absolute atomic E-state index is 0.657. The lowest BCUT2D eigenvalue weighted by atomic mass is 10.1. The predicted molar refractivity (Wildman–Crippen MR) is 92.9 cm³/mol. The highest BCUT2D eigenvalue weighted by Crippen LogP contribution is 2.24. The molecule has 0 atom stereocenters. The van der Waals surface area contributed by atoms with Crippen molar-refractivity contribution in [2.45, 2.75) is 19.4 Å². The number of nitrogens with zero attached hydrogens (tertiary/aromatic N) is 3. The summed E-state index contributed by atoms with van der Waals surface area (Å²) in [4.78, 5) is 9.48. The zero-order chi connectivity index (χ0) is 16.2. The summed E-state index contributed by atoms with van der Waals surface area (Å²) in [6.45, 7) is 3.64. The molecule has 1 aliphatic rings. The molecule has 24 heavy (non-hydrogen) atoms. The lowest BCUT2D eigenvalue weighted by molar-refractivity contribution is 0.576. The molecule has 1 aliphatic heterocycles. The van der Waals surface area contributed by atoms with Gasteiger partial charge in [-0.15, -0.1) is 0 Å². The Balaban J connectivity index is 1.61. The van der Waals surface area contributed by atoms with Gasteiger partial charge in [0.15, 0.2) is 11.6 Å². The number of anilines is 1. The Morgan fingerprint density at radius 3 is 2.83 bits per heavy atom. The SMILES string of the molecule is c1coc(-c2nc3c(c(NCCn4cccc4)n2)CCNCC3)c1. The fourth-order valence-electron chi connectivity index (χ4n) is 3.03. The van der Waals surface area contributed by atoms with Crippen molar-refractivity contribution in [1.82, 2.24) is 19.9 Å². The molecule has 6 nitrogen and oxygen atoms in total. The number of rotatable bonds is 5. The maximum absolute atomic E-state index is 5.49. The molecule has 0 amide bonds. The first-order chi connectivity index (χ1) is 11.9. The molecule has 4 rings (SSSR count). The Hall–Kier alpha value is -2.60. The highest BCUT2D eigenvalue weighted by molar-refractivity contribution is 5.56. The topological polar surface area (TPSA) is 67.9 Å². The maximum Gasteiger partial charge on any atom is 0.197 e. The molecular formula is C18H21N5O. The highest BCUT2D eigenvalue weighted by atomic mass is 16.3. The van der Waals surface area contributed by atoms with Crippen molar-refractivity contribution in [2.24, 2.45) is 0 Å². The van der Waals surface area contributed by atoms with Gasteiger partial charge in [0.05, 0.1) is 12.0 Å². The number of furan rings is 1. The van der Waals surface area contributed by atoms with Gasteiger partial charge in [0.2, 0.25) is 0 Å². The number of hydrogen-bond acceptors (Lipinski definition) is 5. The van der Waals surface area contributed by atoms with Gasteiger partial charge in [-0.1, -0.05) is 0 Å². The Labute approximate surface area is 140 Å². The van der Waals surface area contributed by atoms with Gasteiger partial charge in [-0.2, -0.15) is 0 Å². The van der Waals surface area contributed by atoms with E-state index in [1.165, 1.54) is 5.56 Å². The van der Waals surface area contributed by atoms with Crippen LogP contribution in [0.4, 0.5) is 5.82 Å². The average Bonchev–Trinajstić information content (AvgIpc) is 3.25. The van der Waals surface area contributed by atoms with Gasteiger partial charge in [-0.25, -0.2) is 9.97 Å². The van der Waals surface area contributed by atoms with E-state index in [1.807, 2.05) is 24.3 Å². The fourth-order valence-corrected chi connectivity index (χ4v) is 3.03. The van der Waals surface area contributed by atoms with Crippen molar-refractivity contribution in [3.8, 4) is 11.6 Å². The summed E-state index contributed by atoms with van der Waals surface area (Å²) in [6, 6.07) is 7.85. The van der Waals surface area contributed by atoms with Crippen LogP contribution in [0.15, 0.2) is 47.3 Å². The zero-order valence-electron chi connectivity index (χ0n) is 13.5. The standard InChI is InChI=1S/C18H21N5O/c1-2-11-23(10-1)12-9-20-17-14-5-7-19-8-6-15(14)21-18(22-17)16-4-3-13-24-16/h1-4,10-11,13,19H,5-9,12H2,(H,20,21,22). The van der Waals surface area contributed by atoms with Crippen LogP contribution in [0.3, 0.4) is 0 Å². The van der Waals surface area contributed by atoms with E-state index < -0.39 is 0 Å². The Kier molecular flexibility index (Phi) is 4.29. The summed E-state index contributed by atoms with van der Waals surface area (Å²) in [7, 11) is 0. The Morgan fingerprint density at radius 1 is 1.12 bits per heavy atom. The third kappa shape index (κ3) is 3.19. The molecule has 0 fully saturated rings. The third-order valence-corrected chi connectivity index (χ3v) is 4.25. The highest BCUT2D eigenvalue weighted by Gasteiger charge is 2.18. The Bertz CT molecular complexity index is 780. The molecule has 0 unspecified atom stereocenters. The molecule has 6 heteroatoms. The van der Waals surface area contributed by atoms with Crippen LogP contribution in [-0.2, 0) is 19.4 Å². The second-order valence-corrected chi connectivity index (χ2v) is 5.90. The fraction of sp³-hybridized carbons (Fsp3) is 0.333. The smallest absolute Gasteiger partial charge is 0.197 e. The van der Waals surface area contributed by atoms with Gasteiger partial charge in [-0.05, 0) is 37.2 Å². The second kappa shape index (κ2) is 6.88. The third-order valence-electron chi connectivity index (χ3n) is 4.25. The monoisotopic (exact) mass is 323 g/mol. The Morgan fingerprint density at radius 2 is 2.00 bits per heavy atom. The lowest BCUT2D eigenvalue weighted by Gasteiger charge is -2.14. The summed E-state index contributed by atoms with van der Waals surface area (Å²) in [5.74, 6) is 2.30. The minimum Gasteiger partial charge on any atom is -0.461 e. The minimum atomic E-state index is 0.657. The van der Waals surface area contributed by atoms with E-state index in [1.54, 1.807) is 6.26 Å². The van der Waals surface area contributed by atoms with Crippen molar-refractivity contribution in [2.75, 3.05) is 25.0 Å². The summed E-state index contributed by atoms with van der Waals surface area (Å²) < 4.78 is 7.64. The van der Waals surface area contributed by atoms with E-state index in [9.17, 15) is 0 Å². The average molecular weight is 323 g/mol. The van der Waals surface area contributed by atoms with Crippen LogP contribution in [0.1, 0.15) is 11.3 Å². The van der Waals surface area contributed by atoms with E-state index in [2.05, 4.69) is 27.6 Å². The van der Waals surface area contributed by atoms with E-state index in [4.69, 9.17) is 14.4 Å². The molecule has 0 bridgehead atoms. The molecule has 4 heterocycles. The molecule has 0 spiro atoms. The number of aromatic nitrogens is 3. The van der Waals surface area contributed by atoms with Gasteiger partial charge in [0.1, 0.15) is 5.82 Å². The van der Waals surface area contributed by atoms with Crippen molar-refractivity contribution in [3.63, 3.8) is 0 Å². The molecule has 0 saturated heterocycles. The number of hydrogen-bond donors (Lipinski definition) is 2. The van der Waals surface area contributed by atoms with Gasteiger partial charge < -0.3 is 19.6 Å². The first-order valence-corrected chi connectivity index (χ1v) is 8.39. The zero-order valence-corrected chi connectivity index (χ0v) is 13.5. The second-order valence-electron chi connectivity index (χ2n) is 5.90. The van der Waals surface area contributed by atoms with Crippen LogP contribution >= 0.6 is 0 Å². The van der Waals surface area contributed by atoms with Gasteiger partial charge >= 0.3 is 0 Å². The van der Waals surface area contributed by atoms with Crippen molar-refractivity contribution >= 4 is 5.82 Å². The first kappa shape index (κ1) is 15.0. The molecule has 124 valence electrons. The summed E-state index contributed by atoms with van der Waals surface area (Å²) in [5.41, 5.74) is 2.34. The van der Waals surface area contributed by atoms with Crippen LogP contribution in [0.25, 0.3) is 11.6 Å². The molecule has 0 radical (unpaired) electrons. The van der Waals surface area contributed by atoms with E-state index >= 15 is 0 Å². The van der Waals surface area contributed by atoms with Gasteiger partial charge in [0, 0.05) is 44.0 Å². The van der Waals surface area contributed by atoms with E-state index in [0.29, 0.717) is 11.6 Å². The lowest BCUT2D eigenvalue weighted by Crippen LogP contribution is -2.16. The molecular weight excluding hydrogens is 302 g/mol. The normalized spacial score (nSPS) is 14.2. The number of nitrogens with one attached hydrogen (secondary N) is 2. The summed E-state index contributed by atoms with van der Waals surface area (Å²) in [6.07, 6.45) is 7.66. The molecule has 3 aromatic rings. The van der Waals surface area contributed by atoms with Crippen molar-refractivity contribution in [1.29, 1.82) is 0 Å². The van der Waals surface area contributed by atoms with Gasteiger partial charge in [0.25, 0.3) is 0 Å². The largest absolute Gasteiger partial charge is 0.461 e. The molecule has 0 aliphatic carbocycles. The summed E-state index contributed by atoms with van der Waals surface area (Å²) in [5, 5.41) is 6.93.